The first kappa shape index (κ1) is 17.6. The summed E-state index contributed by atoms with van der Waals surface area (Å²) in [5, 5.41) is 4.39. The normalized spacial score (nSPS) is 18.0. The average molecular weight is 341 g/mol. The van der Waals surface area contributed by atoms with Crippen molar-refractivity contribution in [1.82, 2.24) is 24.5 Å². The van der Waals surface area contributed by atoms with Crippen LogP contribution in [0.3, 0.4) is 0 Å². The van der Waals surface area contributed by atoms with Crippen molar-refractivity contribution in [3.8, 4) is 5.69 Å². The predicted octanol–water partition coefficient (Wildman–Crippen LogP) is 1.47. The maximum atomic E-state index is 12.5. The van der Waals surface area contributed by atoms with E-state index in [0.29, 0.717) is 19.1 Å². The highest BCUT2D eigenvalue weighted by atomic mass is 16.2. The average Bonchev–Trinajstić information content (AvgIpc) is 3.25. The second kappa shape index (κ2) is 7.80. The number of carbonyl (C=O) groups is 1. The van der Waals surface area contributed by atoms with Gasteiger partial charge < -0.3 is 9.80 Å². The van der Waals surface area contributed by atoms with Crippen molar-refractivity contribution in [2.45, 2.75) is 19.0 Å². The third-order valence-electron chi connectivity index (χ3n) is 4.84. The van der Waals surface area contributed by atoms with Gasteiger partial charge in [0.2, 0.25) is 5.91 Å². The van der Waals surface area contributed by atoms with Crippen molar-refractivity contribution in [1.29, 1.82) is 0 Å². The number of benzene rings is 1. The largest absolute Gasteiger partial charge is 0.340 e. The molecule has 1 aliphatic rings. The van der Waals surface area contributed by atoms with Crippen LogP contribution in [-0.4, -0.2) is 77.2 Å². The number of likely N-dealkylation sites (N-methyl/N-ethyl adjacent to an activating group) is 2. The predicted molar refractivity (Wildman–Crippen MR) is 98.6 cm³/mol. The van der Waals surface area contributed by atoms with Gasteiger partial charge in [0.15, 0.2) is 0 Å². The Kier molecular flexibility index (Phi) is 5.50. The summed E-state index contributed by atoms with van der Waals surface area (Å²) in [5.41, 5.74) is 2.06. The van der Waals surface area contributed by atoms with E-state index in [-0.39, 0.29) is 5.91 Å². The van der Waals surface area contributed by atoms with Gasteiger partial charge in [0.05, 0.1) is 18.4 Å². The van der Waals surface area contributed by atoms with Crippen molar-refractivity contribution < 1.29 is 4.79 Å². The molecule has 6 heteroatoms. The Bertz CT molecular complexity index is 697. The molecule has 2 heterocycles. The zero-order valence-electron chi connectivity index (χ0n) is 15.3. The molecule has 134 valence electrons. The fourth-order valence-electron chi connectivity index (χ4n) is 3.22. The summed E-state index contributed by atoms with van der Waals surface area (Å²) in [6, 6.07) is 10.6. The van der Waals surface area contributed by atoms with Crippen molar-refractivity contribution in [3.63, 3.8) is 0 Å². The standard InChI is InChI=1S/C19H27N5O/c1-21(2)18-9-10-23(14-18)15-19(25)22(3)12-16-11-20-24(13-16)17-7-5-4-6-8-17/h4-8,11,13,18H,9-10,12,14-15H2,1-3H3/t18-/m0/s1. The van der Waals surface area contributed by atoms with Gasteiger partial charge in [-0.3, -0.25) is 9.69 Å². The van der Waals surface area contributed by atoms with Crippen LogP contribution in [0.1, 0.15) is 12.0 Å². The topological polar surface area (TPSA) is 44.6 Å². The first-order chi connectivity index (χ1) is 12.0. The highest BCUT2D eigenvalue weighted by Gasteiger charge is 2.26. The van der Waals surface area contributed by atoms with E-state index in [0.717, 1.165) is 30.8 Å². The highest BCUT2D eigenvalue weighted by molar-refractivity contribution is 5.78. The summed E-state index contributed by atoms with van der Waals surface area (Å²) in [6.07, 6.45) is 4.94. The van der Waals surface area contributed by atoms with Crippen LogP contribution in [0.15, 0.2) is 42.7 Å². The number of rotatable bonds is 6. The lowest BCUT2D eigenvalue weighted by molar-refractivity contribution is -0.131. The molecule has 0 N–H and O–H groups in total. The highest BCUT2D eigenvalue weighted by Crippen LogP contribution is 2.14. The lowest BCUT2D eigenvalue weighted by Crippen LogP contribution is -2.38. The van der Waals surface area contributed by atoms with E-state index in [1.807, 2.05) is 54.5 Å². The molecule has 1 atom stereocenters. The van der Waals surface area contributed by atoms with Crippen molar-refractivity contribution in [3.05, 3.63) is 48.3 Å². The van der Waals surface area contributed by atoms with Crippen LogP contribution in [0, 0.1) is 0 Å². The van der Waals surface area contributed by atoms with Gasteiger partial charge in [0, 0.05) is 44.5 Å². The summed E-state index contributed by atoms with van der Waals surface area (Å²) >= 11 is 0. The van der Waals surface area contributed by atoms with Gasteiger partial charge in [0.1, 0.15) is 0 Å². The number of likely N-dealkylation sites (tertiary alicyclic amines) is 1. The molecule has 0 unspecified atom stereocenters. The molecule has 1 saturated heterocycles. The number of para-hydroxylation sites is 1. The fourth-order valence-corrected chi connectivity index (χ4v) is 3.22. The maximum Gasteiger partial charge on any atom is 0.236 e. The third kappa shape index (κ3) is 4.46. The van der Waals surface area contributed by atoms with Crippen molar-refractivity contribution in [2.24, 2.45) is 0 Å². The van der Waals surface area contributed by atoms with E-state index in [9.17, 15) is 4.79 Å². The van der Waals surface area contributed by atoms with Crippen LogP contribution < -0.4 is 0 Å². The molecule has 1 fully saturated rings. The minimum atomic E-state index is 0.159. The first-order valence-corrected chi connectivity index (χ1v) is 8.74. The lowest BCUT2D eigenvalue weighted by atomic mass is 10.2. The van der Waals surface area contributed by atoms with Gasteiger partial charge in [-0.05, 0) is 32.6 Å². The van der Waals surface area contributed by atoms with E-state index in [1.54, 1.807) is 4.90 Å². The van der Waals surface area contributed by atoms with E-state index in [4.69, 9.17) is 0 Å². The number of amides is 1. The number of nitrogens with zero attached hydrogens (tertiary/aromatic N) is 5. The molecule has 0 saturated carbocycles. The number of hydrogen-bond acceptors (Lipinski definition) is 4. The van der Waals surface area contributed by atoms with Crippen LogP contribution in [0.2, 0.25) is 0 Å². The van der Waals surface area contributed by atoms with E-state index in [2.05, 4.69) is 29.0 Å². The maximum absolute atomic E-state index is 12.5. The first-order valence-electron chi connectivity index (χ1n) is 8.74. The Morgan fingerprint density at radius 3 is 2.68 bits per heavy atom. The van der Waals surface area contributed by atoms with Crippen molar-refractivity contribution in [2.75, 3.05) is 40.8 Å². The Hall–Kier alpha value is -2.18. The number of aromatic nitrogens is 2. The van der Waals surface area contributed by atoms with Gasteiger partial charge in [-0.25, -0.2) is 4.68 Å². The fraction of sp³-hybridized carbons (Fsp3) is 0.474. The summed E-state index contributed by atoms with van der Waals surface area (Å²) in [6.45, 7) is 3.04. The molecule has 2 aromatic rings. The zero-order valence-corrected chi connectivity index (χ0v) is 15.3. The molecular weight excluding hydrogens is 314 g/mol. The van der Waals surface area contributed by atoms with Gasteiger partial charge in [-0.15, -0.1) is 0 Å². The molecule has 0 radical (unpaired) electrons. The molecule has 0 spiro atoms. The minimum Gasteiger partial charge on any atom is -0.340 e. The Morgan fingerprint density at radius 2 is 2.00 bits per heavy atom. The van der Waals surface area contributed by atoms with Crippen LogP contribution in [0.5, 0.6) is 0 Å². The molecule has 1 aliphatic heterocycles. The molecular formula is C19H27N5O. The molecule has 3 rings (SSSR count). The quantitative estimate of drug-likeness (QED) is 0.798. The smallest absolute Gasteiger partial charge is 0.236 e. The second-order valence-electron chi connectivity index (χ2n) is 7.02. The van der Waals surface area contributed by atoms with Crippen LogP contribution in [0.4, 0.5) is 0 Å². The molecule has 0 aliphatic carbocycles. The Labute approximate surface area is 149 Å². The molecule has 25 heavy (non-hydrogen) atoms. The number of hydrogen-bond donors (Lipinski definition) is 0. The molecule has 1 amide bonds. The second-order valence-corrected chi connectivity index (χ2v) is 7.02. The monoisotopic (exact) mass is 341 g/mol. The summed E-state index contributed by atoms with van der Waals surface area (Å²) in [5.74, 6) is 0.159. The summed E-state index contributed by atoms with van der Waals surface area (Å²) < 4.78 is 1.84. The van der Waals surface area contributed by atoms with E-state index in [1.165, 1.54) is 0 Å². The van der Waals surface area contributed by atoms with E-state index < -0.39 is 0 Å². The minimum absolute atomic E-state index is 0.159. The van der Waals surface area contributed by atoms with Gasteiger partial charge in [0.25, 0.3) is 0 Å². The molecule has 1 aromatic heterocycles. The van der Waals surface area contributed by atoms with Gasteiger partial charge >= 0.3 is 0 Å². The Balaban J connectivity index is 1.53. The molecule has 1 aromatic carbocycles. The summed E-state index contributed by atoms with van der Waals surface area (Å²) in [4.78, 5) is 18.8. The van der Waals surface area contributed by atoms with Crippen molar-refractivity contribution >= 4 is 5.91 Å². The molecule has 6 nitrogen and oxygen atoms in total. The zero-order chi connectivity index (χ0) is 17.8. The molecule has 0 bridgehead atoms. The van der Waals surface area contributed by atoms with Crippen LogP contribution >= 0.6 is 0 Å². The third-order valence-corrected chi connectivity index (χ3v) is 4.84. The SMILES string of the molecule is CN(Cc1cnn(-c2ccccc2)c1)C(=O)CN1CC[C@H](N(C)C)C1. The number of carbonyl (C=O) groups excluding carboxylic acids is 1. The van der Waals surface area contributed by atoms with Crippen LogP contribution in [0.25, 0.3) is 5.69 Å². The summed E-state index contributed by atoms with van der Waals surface area (Å²) in [7, 11) is 6.07. The van der Waals surface area contributed by atoms with Crippen LogP contribution in [-0.2, 0) is 11.3 Å². The van der Waals surface area contributed by atoms with Gasteiger partial charge in [-0.1, -0.05) is 18.2 Å². The Morgan fingerprint density at radius 1 is 1.24 bits per heavy atom. The lowest BCUT2D eigenvalue weighted by Gasteiger charge is -2.22. The van der Waals surface area contributed by atoms with Gasteiger partial charge in [-0.2, -0.15) is 5.10 Å². The van der Waals surface area contributed by atoms with E-state index >= 15 is 0 Å².